The highest BCUT2D eigenvalue weighted by molar-refractivity contribution is 7.15. The first kappa shape index (κ1) is 19.5. The molecule has 3 heterocycles. The molecule has 0 radical (unpaired) electrons. The van der Waals surface area contributed by atoms with Gasteiger partial charge in [0.05, 0.1) is 21.5 Å². The van der Waals surface area contributed by atoms with Gasteiger partial charge in [-0.25, -0.2) is 15.0 Å². The zero-order valence-electron chi connectivity index (χ0n) is 16.3. The summed E-state index contributed by atoms with van der Waals surface area (Å²) in [5.41, 5.74) is 2.03. The van der Waals surface area contributed by atoms with E-state index >= 15 is 0 Å². The van der Waals surface area contributed by atoms with Gasteiger partial charge in [-0.1, -0.05) is 6.07 Å². The van der Waals surface area contributed by atoms with E-state index in [2.05, 4.69) is 15.3 Å². The number of aromatic nitrogens is 3. The van der Waals surface area contributed by atoms with E-state index in [-0.39, 0.29) is 5.92 Å². The second-order valence-corrected chi connectivity index (χ2v) is 8.74. The number of anilines is 2. The van der Waals surface area contributed by atoms with Crippen molar-refractivity contribution in [2.75, 3.05) is 5.32 Å². The molecule has 1 aliphatic carbocycles. The number of nitrogens with zero attached hydrogens (tertiary/aromatic N) is 3. The molecule has 0 saturated heterocycles. The zero-order chi connectivity index (χ0) is 20.2. The molecule has 3 aromatic heterocycles. The molecule has 0 spiro atoms. The molecule has 0 aromatic carbocycles. The molecule has 29 heavy (non-hydrogen) atoms. The Balaban J connectivity index is 1.41. The van der Waals surface area contributed by atoms with Crippen LogP contribution in [0, 0.1) is 18.8 Å². The molecule has 4 rings (SSSR count). The van der Waals surface area contributed by atoms with Crippen LogP contribution in [0.25, 0.3) is 10.6 Å². The minimum absolute atomic E-state index is 0.166. The molecule has 0 aliphatic heterocycles. The maximum absolute atomic E-state index is 11.1. The van der Waals surface area contributed by atoms with Gasteiger partial charge in [0.1, 0.15) is 11.6 Å². The van der Waals surface area contributed by atoms with Crippen LogP contribution < -0.4 is 5.32 Å². The number of carboxylic acid groups (broad SMARTS) is 1. The Morgan fingerprint density at radius 3 is 2.76 bits per heavy atom. The molecule has 0 atom stereocenters. The van der Waals surface area contributed by atoms with Crippen LogP contribution in [0.2, 0.25) is 0 Å². The van der Waals surface area contributed by atoms with E-state index in [1.807, 2.05) is 43.5 Å². The molecule has 0 amide bonds. The number of nitrogens with one attached hydrogen (secondary N) is 1. The van der Waals surface area contributed by atoms with Crippen molar-refractivity contribution in [1.82, 2.24) is 15.0 Å². The number of carboxylic acids is 1. The maximum Gasteiger partial charge on any atom is 0.306 e. The first-order valence-corrected chi connectivity index (χ1v) is 10.7. The third kappa shape index (κ3) is 4.98. The molecule has 6 nitrogen and oxygen atoms in total. The molecule has 150 valence electrons. The van der Waals surface area contributed by atoms with E-state index in [9.17, 15) is 4.79 Å². The largest absolute Gasteiger partial charge is 0.481 e. The molecule has 2 N–H and O–H groups in total. The summed E-state index contributed by atoms with van der Waals surface area (Å²) in [4.78, 5) is 25.8. The average molecular weight is 409 g/mol. The van der Waals surface area contributed by atoms with Crippen LogP contribution >= 0.6 is 11.3 Å². The molecule has 1 fully saturated rings. The molecule has 1 aliphatic rings. The predicted octanol–water partition coefficient (Wildman–Crippen LogP) is 5.09. The van der Waals surface area contributed by atoms with E-state index in [4.69, 9.17) is 10.1 Å². The molecular weight excluding hydrogens is 384 g/mol. The van der Waals surface area contributed by atoms with Gasteiger partial charge in [0.25, 0.3) is 0 Å². The molecule has 3 aromatic rings. The second-order valence-electron chi connectivity index (χ2n) is 7.63. The minimum atomic E-state index is -0.652. The number of aliphatic carboxylic acids is 1. The second kappa shape index (κ2) is 8.69. The van der Waals surface area contributed by atoms with Gasteiger partial charge in [-0.15, -0.1) is 11.3 Å². The normalized spacial score (nSPS) is 19.1. The van der Waals surface area contributed by atoms with Crippen molar-refractivity contribution in [2.24, 2.45) is 11.8 Å². The number of rotatable bonds is 6. The van der Waals surface area contributed by atoms with Gasteiger partial charge >= 0.3 is 5.97 Å². The quantitative estimate of drug-likeness (QED) is 0.591. The summed E-state index contributed by atoms with van der Waals surface area (Å²) in [5.74, 6) is 1.23. The first-order valence-electron chi connectivity index (χ1n) is 9.91. The van der Waals surface area contributed by atoms with Crippen molar-refractivity contribution >= 4 is 28.9 Å². The van der Waals surface area contributed by atoms with Gasteiger partial charge in [0, 0.05) is 18.8 Å². The summed E-state index contributed by atoms with van der Waals surface area (Å²) in [6.45, 7) is 2.03. The fourth-order valence-corrected chi connectivity index (χ4v) is 4.76. The van der Waals surface area contributed by atoms with Crippen LogP contribution in [-0.2, 0) is 11.2 Å². The Labute approximate surface area is 174 Å². The Bertz CT molecular complexity index is 996. The summed E-state index contributed by atoms with van der Waals surface area (Å²) in [5, 5.41) is 13.5. The van der Waals surface area contributed by atoms with E-state index in [1.165, 1.54) is 0 Å². The first-order chi connectivity index (χ1) is 14.1. The Morgan fingerprint density at radius 1 is 1.17 bits per heavy atom. The lowest BCUT2D eigenvalue weighted by molar-refractivity contribution is -0.143. The number of carbonyl (C=O) groups is 1. The van der Waals surface area contributed by atoms with Gasteiger partial charge in [-0.3, -0.25) is 4.79 Å². The van der Waals surface area contributed by atoms with Crippen molar-refractivity contribution in [3.8, 4) is 10.6 Å². The third-order valence-electron chi connectivity index (χ3n) is 5.39. The summed E-state index contributed by atoms with van der Waals surface area (Å²) in [7, 11) is 0. The molecule has 1 saturated carbocycles. The van der Waals surface area contributed by atoms with Crippen molar-refractivity contribution in [3.63, 3.8) is 0 Å². The van der Waals surface area contributed by atoms with Gasteiger partial charge < -0.3 is 10.4 Å². The number of hydrogen-bond donors (Lipinski definition) is 2. The summed E-state index contributed by atoms with van der Waals surface area (Å²) < 4.78 is 0. The number of aryl methyl sites for hydroxylation is 1. The van der Waals surface area contributed by atoms with E-state index in [0.29, 0.717) is 5.92 Å². The maximum atomic E-state index is 11.1. The summed E-state index contributed by atoms with van der Waals surface area (Å²) in [6, 6.07) is 9.84. The van der Waals surface area contributed by atoms with Crippen molar-refractivity contribution in [3.05, 3.63) is 53.3 Å². The lowest BCUT2D eigenvalue weighted by Crippen LogP contribution is -2.22. The van der Waals surface area contributed by atoms with Crippen LogP contribution in [0.3, 0.4) is 0 Å². The number of thiazole rings is 1. The zero-order valence-corrected chi connectivity index (χ0v) is 17.2. The van der Waals surface area contributed by atoms with E-state index in [1.54, 1.807) is 17.5 Å². The summed E-state index contributed by atoms with van der Waals surface area (Å²) >= 11 is 1.67. The van der Waals surface area contributed by atoms with Gasteiger partial charge in [0.2, 0.25) is 0 Å². The lowest BCUT2D eigenvalue weighted by Gasteiger charge is -2.25. The van der Waals surface area contributed by atoms with Crippen molar-refractivity contribution in [2.45, 2.75) is 39.0 Å². The Kier molecular flexibility index (Phi) is 5.85. The number of pyridine rings is 2. The van der Waals surface area contributed by atoms with Crippen molar-refractivity contribution < 1.29 is 9.90 Å². The molecular formula is C22H24N4O2S. The minimum Gasteiger partial charge on any atom is -0.481 e. The smallest absolute Gasteiger partial charge is 0.306 e. The Hall–Kier alpha value is -2.80. The van der Waals surface area contributed by atoms with Gasteiger partial charge in [-0.05, 0) is 68.4 Å². The third-order valence-corrected chi connectivity index (χ3v) is 6.43. The lowest BCUT2D eigenvalue weighted by atomic mass is 9.81. The Morgan fingerprint density at radius 2 is 2.00 bits per heavy atom. The van der Waals surface area contributed by atoms with Gasteiger partial charge in [-0.2, -0.15) is 0 Å². The highest BCUT2D eigenvalue weighted by Crippen LogP contribution is 2.33. The van der Waals surface area contributed by atoms with E-state index < -0.39 is 5.97 Å². The summed E-state index contributed by atoms with van der Waals surface area (Å²) in [6.07, 6.45) is 8.07. The van der Waals surface area contributed by atoms with Crippen molar-refractivity contribution in [1.29, 1.82) is 0 Å². The van der Waals surface area contributed by atoms with Crippen LogP contribution in [0.1, 0.15) is 36.3 Å². The SMILES string of the molecule is Cc1ccnc(Nc2cccc(-c3cnc(CC4CCC(C(=O)O)CC4)s3)n2)c1. The topological polar surface area (TPSA) is 88.0 Å². The fraction of sp³-hybridized carbons (Fsp3) is 0.364. The van der Waals surface area contributed by atoms with Gasteiger partial charge in [0.15, 0.2) is 0 Å². The predicted molar refractivity (Wildman–Crippen MR) is 114 cm³/mol. The highest BCUT2D eigenvalue weighted by atomic mass is 32.1. The fourth-order valence-electron chi connectivity index (χ4n) is 3.76. The van der Waals surface area contributed by atoms with E-state index in [0.717, 1.165) is 64.9 Å². The molecule has 0 unspecified atom stereocenters. The van der Waals surface area contributed by atoms with Crippen LogP contribution in [0.15, 0.2) is 42.7 Å². The standard InChI is InChI=1S/C22H24N4O2S/c1-14-9-10-23-20(11-14)26-19-4-2-3-17(25-19)18-13-24-21(29-18)12-15-5-7-16(8-6-15)22(27)28/h2-4,9-11,13,15-16H,5-8,12H2,1H3,(H,27,28)(H,23,25,26). The average Bonchev–Trinajstić information content (AvgIpc) is 3.17. The van der Waals surface area contributed by atoms with Crippen LogP contribution in [0.4, 0.5) is 11.6 Å². The van der Waals surface area contributed by atoms with Crippen LogP contribution in [-0.4, -0.2) is 26.0 Å². The van der Waals surface area contributed by atoms with Crippen LogP contribution in [0.5, 0.6) is 0 Å². The highest BCUT2D eigenvalue weighted by Gasteiger charge is 2.26. The molecule has 7 heteroatoms. The molecule has 0 bridgehead atoms. The number of hydrogen-bond acceptors (Lipinski definition) is 6. The monoisotopic (exact) mass is 408 g/mol.